The van der Waals surface area contributed by atoms with E-state index in [4.69, 9.17) is 19.3 Å². The van der Waals surface area contributed by atoms with Crippen LogP contribution in [0.15, 0.2) is 0 Å². The fourth-order valence-corrected chi connectivity index (χ4v) is 2.17. The Morgan fingerprint density at radius 3 is 1.92 bits per heavy atom. The Balaban J connectivity index is 4.84. The molecule has 142 valence electrons. The molecule has 0 aromatic heterocycles. The summed E-state index contributed by atoms with van der Waals surface area (Å²) in [5.41, 5.74) is 0. The molecule has 7 heteroatoms. The lowest BCUT2D eigenvalue weighted by molar-refractivity contribution is -0.385. The number of rotatable bonds is 15. The number of hydrogen-bond donors (Lipinski definition) is 2. The third-order valence-corrected chi connectivity index (χ3v) is 3.68. The molecule has 0 aliphatic carbocycles. The Bertz CT molecular complexity index is 360. The summed E-state index contributed by atoms with van der Waals surface area (Å²) in [6.45, 7) is 8.19. The van der Waals surface area contributed by atoms with Gasteiger partial charge in [0.2, 0.25) is 0 Å². The smallest absolute Gasteiger partial charge is 0.309 e. The summed E-state index contributed by atoms with van der Waals surface area (Å²) < 4.78 is 17.1. The first-order valence-corrected chi connectivity index (χ1v) is 8.66. The number of unbranched alkanes of at least 4 members (excludes halogenated alkanes) is 2. The molecule has 0 spiro atoms. The van der Waals surface area contributed by atoms with Crippen LogP contribution in [0.2, 0.25) is 0 Å². The normalized spacial score (nSPS) is 14.3. The van der Waals surface area contributed by atoms with Crippen LogP contribution in [-0.2, 0) is 23.8 Å². The van der Waals surface area contributed by atoms with Crippen LogP contribution in [0.1, 0.15) is 66.2 Å². The van der Waals surface area contributed by atoms with Gasteiger partial charge in [-0.2, -0.15) is 0 Å². The highest BCUT2D eigenvalue weighted by molar-refractivity contribution is 5.72. The van der Waals surface area contributed by atoms with E-state index in [9.17, 15) is 14.7 Å². The van der Waals surface area contributed by atoms with Crippen LogP contribution < -0.4 is 0 Å². The molecule has 0 bridgehead atoms. The molecular weight excluding hydrogens is 316 g/mol. The minimum absolute atomic E-state index is 0.00810. The zero-order chi connectivity index (χ0) is 18.6. The fraction of sp³-hybridized carbons (Fsp3) is 0.882. The topological polar surface area (TPSA) is 102 Å². The van der Waals surface area contributed by atoms with Crippen molar-refractivity contribution in [3.8, 4) is 0 Å². The highest BCUT2D eigenvalue weighted by Gasteiger charge is 2.35. The van der Waals surface area contributed by atoms with Crippen LogP contribution in [0.3, 0.4) is 0 Å². The SMILES string of the molecule is CCCCOC(C)(OCCCC)OC(C)C(CCC(=O)O)C(=O)O. The molecular formula is C17H32O7. The number of aliphatic carboxylic acids is 2. The van der Waals surface area contributed by atoms with Crippen molar-refractivity contribution in [1.82, 2.24) is 0 Å². The van der Waals surface area contributed by atoms with Gasteiger partial charge >= 0.3 is 11.9 Å². The number of carboxylic acid groups (broad SMARTS) is 2. The molecule has 0 heterocycles. The summed E-state index contributed by atoms with van der Waals surface area (Å²) in [5.74, 6) is -4.39. The minimum atomic E-state index is -1.33. The van der Waals surface area contributed by atoms with Gasteiger partial charge in [-0.25, -0.2) is 0 Å². The van der Waals surface area contributed by atoms with Crippen LogP contribution in [0.5, 0.6) is 0 Å². The lowest BCUT2D eigenvalue weighted by atomic mass is 9.98. The average Bonchev–Trinajstić information content (AvgIpc) is 2.47. The van der Waals surface area contributed by atoms with Crippen molar-refractivity contribution in [3.63, 3.8) is 0 Å². The van der Waals surface area contributed by atoms with E-state index in [1.54, 1.807) is 13.8 Å². The molecule has 2 unspecified atom stereocenters. The fourth-order valence-electron chi connectivity index (χ4n) is 2.17. The van der Waals surface area contributed by atoms with Gasteiger partial charge in [-0.3, -0.25) is 9.59 Å². The molecule has 0 aliphatic rings. The third-order valence-electron chi connectivity index (χ3n) is 3.68. The number of carbonyl (C=O) groups is 2. The number of carboxylic acids is 2. The Morgan fingerprint density at radius 2 is 1.54 bits per heavy atom. The molecule has 0 amide bonds. The van der Waals surface area contributed by atoms with Crippen molar-refractivity contribution in [2.45, 2.75) is 78.3 Å². The monoisotopic (exact) mass is 348 g/mol. The maximum atomic E-state index is 11.4. The summed E-state index contributed by atoms with van der Waals surface area (Å²) in [6.07, 6.45) is 2.61. The van der Waals surface area contributed by atoms with Gasteiger partial charge in [-0.1, -0.05) is 26.7 Å². The minimum Gasteiger partial charge on any atom is -0.481 e. The van der Waals surface area contributed by atoms with E-state index in [2.05, 4.69) is 0 Å². The number of hydrogen-bond acceptors (Lipinski definition) is 5. The van der Waals surface area contributed by atoms with Crippen LogP contribution in [0.4, 0.5) is 0 Å². The summed E-state index contributed by atoms with van der Waals surface area (Å²) in [6, 6.07) is 0. The van der Waals surface area contributed by atoms with Crippen LogP contribution >= 0.6 is 0 Å². The largest absolute Gasteiger partial charge is 0.481 e. The molecule has 2 N–H and O–H groups in total. The average molecular weight is 348 g/mol. The van der Waals surface area contributed by atoms with Crippen molar-refractivity contribution < 1.29 is 34.0 Å². The highest BCUT2D eigenvalue weighted by atomic mass is 16.9. The van der Waals surface area contributed by atoms with E-state index in [0.29, 0.717) is 13.2 Å². The van der Waals surface area contributed by atoms with Crippen molar-refractivity contribution >= 4 is 11.9 Å². The predicted octanol–water partition coefficient (Wildman–Crippen LogP) is 3.26. The second kappa shape index (κ2) is 12.2. The van der Waals surface area contributed by atoms with Gasteiger partial charge in [-0.05, 0) is 26.2 Å². The maximum Gasteiger partial charge on any atom is 0.309 e. The van der Waals surface area contributed by atoms with E-state index in [0.717, 1.165) is 25.7 Å². The summed E-state index contributed by atoms with van der Waals surface area (Å²) >= 11 is 0. The molecule has 0 fully saturated rings. The van der Waals surface area contributed by atoms with Crippen molar-refractivity contribution in [1.29, 1.82) is 0 Å². The lowest BCUT2D eigenvalue weighted by Gasteiger charge is -2.34. The molecule has 0 aromatic carbocycles. The van der Waals surface area contributed by atoms with Gasteiger partial charge in [-0.15, -0.1) is 0 Å². The van der Waals surface area contributed by atoms with Crippen LogP contribution in [-0.4, -0.2) is 47.4 Å². The van der Waals surface area contributed by atoms with Gasteiger partial charge in [0.1, 0.15) is 0 Å². The quantitative estimate of drug-likeness (QED) is 0.346. The number of ether oxygens (including phenoxy) is 3. The first kappa shape index (κ1) is 22.8. The Kier molecular flexibility index (Phi) is 11.6. The molecule has 0 aromatic rings. The molecule has 0 saturated heterocycles. The highest BCUT2D eigenvalue weighted by Crippen LogP contribution is 2.24. The first-order chi connectivity index (χ1) is 11.3. The van der Waals surface area contributed by atoms with E-state index in [1.807, 2.05) is 13.8 Å². The van der Waals surface area contributed by atoms with Crippen molar-refractivity contribution in [3.05, 3.63) is 0 Å². The molecule has 7 nitrogen and oxygen atoms in total. The molecule has 2 atom stereocenters. The second-order valence-corrected chi connectivity index (χ2v) is 5.97. The van der Waals surface area contributed by atoms with E-state index in [1.165, 1.54) is 0 Å². The van der Waals surface area contributed by atoms with Crippen LogP contribution in [0, 0.1) is 5.92 Å². The Labute approximate surface area is 144 Å². The summed E-state index contributed by atoms with van der Waals surface area (Å²) in [7, 11) is 0. The van der Waals surface area contributed by atoms with Gasteiger partial charge in [0.05, 0.1) is 25.2 Å². The van der Waals surface area contributed by atoms with Gasteiger partial charge < -0.3 is 24.4 Å². The van der Waals surface area contributed by atoms with E-state index >= 15 is 0 Å². The molecule has 0 saturated carbocycles. The summed E-state index contributed by atoms with van der Waals surface area (Å²) in [5, 5.41) is 18.1. The second-order valence-electron chi connectivity index (χ2n) is 5.97. The molecule has 0 aliphatic heterocycles. The molecule has 0 rings (SSSR count). The zero-order valence-corrected chi connectivity index (χ0v) is 15.2. The first-order valence-electron chi connectivity index (χ1n) is 8.66. The standard InChI is InChI=1S/C17H32O7/c1-5-7-11-22-17(4,23-12-8-6-2)24-13(3)14(16(20)21)9-10-15(18)19/h13-14H,5-12H2,1-4H3,(H,18,19)(H,20,21). The predicted molar refractivity (Wildman–Crippen MR) is 88.7 cm³/mol. The van der Waals surface area contributed by atoms with Crippen molar-refractivity contribution in [2.24, 2.45) is 5.92 Å². The van der Waals surface area contributed by atoms with Crippen LogP contribution in [0.25, 0.3) is 0 Å². The zero-order valence-electron chi connectivity index (χ0n) is 15.2. The van der Waals surface area contributed by atoms with E-state index < -0.39 is 29.9 Å². The van der Waals surface area contributed by atoms with Gasteiger partial charge in [0.15, 0.2) is 0 Å². The van der Waals surface area contributed by atoms with Crippen molar-refractivity contribution in [2.75, 3.05) is 13.2 Å². The lowest BCUT2D eigenvalue weighted by Crippen LogP contribution is -2.43. The summed E-state index contributed by atoms with van der Waals surface area (Å²) in [4.78, 5) is 22.1. The Morgan fingerprint density at radius 1 is 1.04 bits per heavy atom. The third kappa shape index (κ3) is 9.85. The maximum absolute atomic E-state index is 11.4. The van der Waals surface area contributed by atoms with Gasteiger partial charge in [0, 0.05) is 13.3 Å². The van der Waals surface area contributed by atoms with E-state index in [-0.39, 0.29) is 12.8 Å². The van der Waals surface area contributed by atoms with Gasteiger partial charge in [0.25, 0.3) is 5.97 Å². The Hall–Kier alpha value is -1.18. The molecule has 0 radical (unpaired) electrons. The molecule has 24 heavy (non-hydrogen) atoms.